The van der Waals surface area contributed by atoms with Crippen LogP contribution in [0.2, 0.25) is 5.02 Å². The number of carbonyl (C=O) groups excluding carboxylic acids is 1. The highest BCUT2D eigenvalue weighted by Crippen LogP contribution is 2.54. The van der Waals surface area contributed by atoms with Crippen molar-refractivity contribution in [1.29, 1.82) is 0 Å². The molecule has 0 amide bonds. The van der Waals surface area contributed by atoms with Crippen LogP contribution in [-0.2, 0) is 11.8 Å². The number of benzene rings is 2. The molecule has 0 N–H and O–H groups in total. The number of carbonyl (C=O) groups is 1. The Balaban J connectivity index is 1.78. The number of hydrogen-bond donors (Lipinski definition) is 0. The minimum absolute atomic E-state index is 0.104. The van der Waals surface area contributed by atoms with Crippen LogP contribution in [0.15, 0.2) is 35.4 Å². The first-order valence-electron chi connectivity index (χ1n) is 11.4. The first-order chi connectivity index (χ1) is 17.8. The predicted molar refractivity (Wildman–Crippen MR) is 121 cm³/mol. The van der Waals surface area contributed by atoms with Gasteiger partial charge in [-0.2, -0.15) is 39.5 Å². The summed E-state index contributed by atoms with van der Waals surface area (Å²) in [7, 11) is 0. The number of hydrogen-bond acceptors (Lipinski definition) is 2. The molecule has 0 spiro atoms. The van der Waals surface area contributed by atoms with Gasteiger partial charge in [0.1, 0.15) is 5.92 Å². The molecule has 1 unspecified atom stereocenters. The fraction of sp³-hybridized carbons (Fsp3) is 0.400. The molecule has 39 heavy (non-hydrogen) atoms. The summed E-state index contributed by atoms with van der Waals surface area (Å²) in [5, 5.41) is 4.13. The van der Waals surface area contributed by atoms with Crippen molar-refractivity contribution in [1.82, 2.24) is 0 Å². The van der Waals surface area contributed by atoms with Crippen molar-refractivity contribution in [2.75, 3.05) is 0 Å². The van der Waals surface area contributed by atoms with E-state index in [-0.39, 0.29) is 40.5 Å². The lowest BCUT2D eigenvalue weighted by Gasteiger charge is -2.31. The Labute approximate surface area is 219 Å². The third-order valence-electron chi connectivity index (χ3n) is 6.54. The zero-order valence-electron chi connectivity index (χ0n) is 19.8. The zero-order valence-corrected chi connectivity index (χ0v) is 20.5. The number of nitrogens with zero attached hydrogens (tertiary/aromatic N) is 2. The van der Waals surface area contributed by atoms with Gasteiger partial charge in [-0.15, -0.1) is 0 Å². The fourth-order valence-electron chi connectivity index (χ4n) is 4.40. The maximum absolute atomic E-state index is 14.6. The van der Waals surface area contributed by atoms with Crippen LogP contribution in [0.3, 0.4) is 0 Å². The lowest BCUT2D eigenvalue weighted by atomic mass is 9.84. The minimum atomic E-state index is -6.58. The molecular weight excluding hydrogens is 570 g/mol. The second-order valence-corrected chi connectivity index (χ2v) is 9.83. The summed E-state index contributed by atoms with van der Waals surface area (Å²) in [5.41, 5.74) is -11.1. The van der Waals surface area contributed by atoms with Crippen LogP contribution in [0.5, 0.6) is 0 Å². The van der Waals surface area contributed by atoms with Crippen molar-refractivity contribution < 1.29 is 53.4 Å². The lowest BCUT2D eigenvalue weighted by Crippen LogP contribution is -2.50. The highest BCUT2D eigenvalue weighted by Gasteiger charge is 2.73. The lowest BCUT2D eigenvalue weighted by molar-refractivity contribution is -0.437. The van der Waals surface area contributed by atoms with Gasteiger partial charge in [-0.05, 0) is 54.0 Å². The Morgan fingerprint density at radius 1 is 0.974 bits per heavy atom. The van der Waals surface area contributed by atoms with Crippen LogP contribution in [0.4, 0.5) is 49.6 Å². The predicted octanol–water partition coefficient (Wildman–Crippen LogP) is 8.44. The molecule has 1 fully saturated rings. The van der Waals surface area contributed by atoms with E-state index in [2.05, 4.69) is 5.10 Å². The summed E-state index contributed by atoms with van der Waals surface area (Å²) in [6.07, 6.45) is -14.4. The number of alkyl halides is 10. The molecule has 0 aromatic heterocycles. The Morgan fingerprint density at radius 3 is 2.13 bits per heavy atom. The molecule has 2 aromatic rings. The summed E-state index contributed by atoms with van der Waals surface area (Å²) < 4.78 is 137. The van der Waals surface area contributed by atoms with Crippen molar-refractivity contribution in [2.24, 2.45) is 11.0 Å². The van der Waals surface area contributed by atoms with Gasteiger partial charge in [0, 0.05) is 29.7 Å². The summed E-state index contributed by atoms with van der Waals surface area (Å²) in [5.74, 6) is -1.34. The van der Waals surface area contributed by atoms with Crippen LogP contribution in [-0.4, -0.2) is 35.2 Å². The largest absolute Gasteiger partial charge is 0.435 e. The first kappa shape index (κ1) is 29.0. The van der Waals surface area contributed by atoms with Crippen LogP contribution >= 0.6 is 11.6 Å². The van der Waals surface area contributed by atoms with E-state index in [9.17, 15) is 48.7 Å². The Hall–Kier alpha value is -2.96. The summed E-state index contributed by atoms with van der Waals surface area (Å²) in [4.78, 5) is 12.6. The Kier molecular flexibility index (Phi) is 7.15. The van der Waals surface area contributed by atoms with E-state index in [1.165, 1.54) is 18.2 Å². The third-order valence-corrected chi connectivity index (χ3v) is 6.87. The van der Waals surface area contributed by atoms with Gasteiger partial charge in [0.25, 0.3) is 0 Å². The van der Waals surface area contributed by atoms with Crippen molar-refractivity contribution in [3.8, 4) is 0 Å². The molecule has 3 nitrogen and oxygen atoms in total. The van der Waals surface area contributed by atoms with E-state index in [1.807, 2.05) is 0 Å². The van der Waals surface area contributed by atoms with Crippen molar-refractivity contribution >= 4 is 35.5 Å². The van der Waals surface area contributed by atoms with Gasteiger partial charge in [-0.25, -0.2) is 4.39 Å². The van der Waals surface area contributed by atoms with Crippen LogP contribution in [0.1, 0.15) is 57.8 Å². The second kappa shape index (κ2) is 9.60. The quantitative estimate of drug-likeness (QED) is 0.190. The van der Waals surface area contributed by atoms with E-state index in [4.69, 9.17) is 11.6 Å². The molecule has 2 aliphatic rings. The van der Waals surface area contributed by atoms with E-state index >= 15 is 0 Å². The van der Waals surface area contributed by atoms with Crippen LogP contribution in [0.25, 0.3) is 0 Å². The number of aryl methyl sites for hydroxylation is 1. The molecular formula is C25H18ClF10N2O+. The van der Waals surface area contributed by atoms with E-state index < -0.39 is 58.4 Å². The molecule has 2 aromatic carbocycles. The molecule has 14 heteroatoms. The van der Waals surface area contributed by atoms with E-state index in [0.29, 0.717) is 0 Å². The number of hydrazone groups is 1. The molecule has 4 rings (SSSR count). The molecule has 1 heterocycles. The number of rotatable bonds is 6. The SMILES string of the molecule is Cc1cc(C(F)(C(F)(F)F)C(F)(F)F)cc(C(F)(F)F)c1C1C=N[N+](c2ccc(Cl)c(C(=O)CC3CC3)c2)=C1. The highest BCUT2D eigenvalue weighted by atomic mass is 35.5. The number of halogens is 11. The molecule has 0 radical (unpaired) electrons. The maximum atomic E-state index is 14.6. The molecule has 210 valence electrons. The molecule has 0 bridgehead atoms. The average molecular weight is 588 g/mol. The molecule has 0 saturated heterocycles. The molecule has 1 saturated carbocycles. The van der Waals surface area contributed by atoms with Gasteiger partial charge in [-0.3, -0.25) is 4.79 Å². The second-order valence-electron chi connectivity index (χ2n) is 9.42. The average Bonchev–Trinajstić information content (AvgIpc) is 3.48. The fourth-order valence-corrected chi connectivity index (χ4v) is 4.62. The van der Waals surface area contributed by atoms with Crippen molar-refractivity contribution in [2.45, 2.75) is 56.3 Å². The monoisotopic (exact) mass is 587 g/mol. The van der Waals surface area contributed by atoms with Gasteiger partial charge >= 0.3 is 24.2 Å². The maximum Gasteiger partial charge on any atom is 0.435 e. The number of Topliss-reactive ketones (excluding diaryl/α,β-unsaturated/α-hetero) is 1. The summed E-state index contributed by atoms with van der Waals surface area (Å²) >= 11 is 6.13. The molecule has 1 aliphatic carbocycles. The summed E-state index contributed by atoms with van der Waals surface area (Å²) in [6, 6.07) is 3.84. The van der Waals surface area contributed by atoms with E-state index in [1.54, 1.807) is 0 Å². The van der Waals surface area contributed by atoms with Crippen molar-refractivity contribution in [3.05, 3.63) is 63.2 Å². The molecule has 1 atom stereocenters. The van der Waals surface area contributed by atoms with E-state index in [0.717, 1.165) is 36.9 Å². The highest BCUT2D eigenvalue weighted by molar-refractivity contribution is 6.34. The van der Waals surface area contributed by atoms with Gasteiger partial charge < -0.3 is 0 Å². The molecule has 1 aliphatic heterocycles. The summed E-state index contributed by atoms with van der Waals surface area (Å²) in [6.45, 7) is 0.850. The zero-order chi connectivity index (χ0) is 29.1. The Bertz CT molecular complexity index is 1360. The number of ketones is 1. The van der Waals surface area contributed by atoms with Gasteiger partial charge in [-0.1, -0.05) is 22.4 Å². The Morgan fingerprint density at radius 2 is 1.59 bits per heavy atom. The van der Waals surface area contributed by atoms with Gasteiger partial charge in [0.05, 0.1) is 16.8 Å². The third kappa shape index (κ3) is 5.42. The smallest absolute Gasteiger partial charge is 0.294 e. The standard InChI is InChI=1S/C25H18ClF10N2O/c1-12-6-15(22(27,24(31,32)33)25(34,35)36)8-18(23(28,29)30)21(12)14-10-37-38(11-14)16-4-5-19(26)17(9-16)20(39)7-13-2-3-13/h4-6,8-11,13-14H,2-3,7H2,1H3/q+1. The van der Waals surface area contributed by atoms with Crippen LogP contribution < -0.4 is 0 Å². The van der Waals surface area contributed by atoms with Crippen LogP contribution in [0, 0.1) is 12.8 Å². The van der Waals surface area contributed by atoms with Crippen molar-refractivity contribution in [3.63, 3.8) is 0 Å². The topological polar surface area (TPSA) is 32.4 Å². The van der Waals surface area contributed by atoms with Gasteiger partial charge in [0.15, 0.2) is 12.0 Å². The first-order valence-corrected chi connectivity index (χ1v) is 11.8. The van der Waals surface area contributed by atoms with Gasteiger partial charge in [0.2, 0.25) is 5.69 Å². The minimum Gasteiger partial charge on any atom is -0.294 e. The normalized spacial score (nSPS) is 18.5.